The van der Waals surface area contributed by atoms with Crippen molar-refractivity contribution in [3.63, 3.8) is 0 Å². The molecule has 0 aliphatic carbocycles. The SMILES string of the molecule is C=C(C)C(=O)C(CC)[Si]OC(c1ccccc1)c1ccccc1. The first-order valence-corrected chi connectivity index (χ1v) is 8.82. The lowest BCUT2D eigenvalue weighted by Crippen LogP contribution is -2.20. The first-order valence-electron chi connectivity index (χ1n) is 7.84. The van der Waals surface area contributed by atoms with Crippen LogP contribution in [0.25, 0.3) is 0 Å². The molecular formula is C20H22O2Si. The summed E-state index contributed by atoms with van der Waals surface area (Å²) in [6.45, 7) is 7.55. The Morgan fingerprint density at radius 2 is 1.52 bits per heavy atom. The molecule has 0 aromatic heterocycles. The van der Waals surface area contributed by atoms with E-state index < -0.39 is 0 Å². The summed E-state index contributed by atoms with van der Waals surface area (Å²) >= 11 is 0. The molecule has 0 N–H and O–H groups in total. The van der Waals surface area contributed by atoms with Crippen LogP contribution in [0.4, 0.5) is 0 Å². The van der Waals surface area contributed by atoms with Gasteiger partial charge >= 0.3 is 0 Å². The van der Waals surface area contributed by atoms with Crippen molar-refractivity contribution in [1.82, 2.24) is 0 Å². The summed E-state index contributed by atoms with van der Waals surface area (Å²) in [5.74, 6) is 0.103. The van der Waals surface area contributed by atoms with Gasteiger partial charge in [-0.05, 0) is 30.0 Å². The second-order valence-electron chi connectivity index (χ2n) is 5.54. The van der Waals surface area contributed by atoms with Gasteiger partial charge in [-0.3, -0.25) is 4.79 Å². The van der Waals surface area contributed by atoms with Crippen molar-refractivity contribution in [3.05, 3.63) is 83.9 Å². The summed E-state index contributed by atoms with van der Waals surface area (Å²) in [5.41, 5.74) is 2.69. The Balaban J connectivity index is 2.19. The van der Waals surface area contributed by atoms with Gasteiger partial charge in [-0.15, -0.1) is 0 Å². The summed E-state index contributed by atoms with van der Waals surface area (Å²) in [5, 5.41) is 0. The van der Waals surface area contributed by atoms with Crippen molar-refractivity contribution in [2.75, 3.05) is 0 Å². The van der Waals surface area contributed by atoms with Crippen LogP contribution in [0.5, 0.6) is 0 Å². The van der Waals surface area contributed by atoms with Crippen molar-refractivity contribution >= 4 is 15.5 Å². The van der Waals surface area contributed by atoms with E-state index in [2.05, 4.69) is 30.8 Å². The van der Waals surface area contributed by atoms with Crippen LogP contribution in [0.3, 0.4) is 0 Å². The molecule has 118 valence electrons. The summed E-state index contributed by atoms with van der Waals surface area (Å²) in [4.78, 5) is 12.2. The molecule has 1 atom stereocenters. The highest BCUT2D eigenvalue weighted by atomic mass is 28.2. The van der Waals surface area contributed by atoms with Crippen molar-refractivity contribution in [2.45, 2.75) is 31.9 Å². The standard InChI is InChI=1S/C20H22O2Si/c1-4-18(19(21)15(2)3)23-22-20(16-11-7-5-8-12-16)17-13-9-6-10-14-17/h5-14,18,20H,2,4H2,1,3H3. The third-order valence-corrected chi connectivity index (χ3v) is 5.00. The summed E-state index contributed by atoms with van der Waals surface area (Å²) < 4.78 is 6.20. The average molecular weight is 322 g/mol. The highest BCUT2D eigenvalue weighted by Crippen LogP contribution is 2.27. The number of Topliss-reactive ketones (excluding diaryl/α,β-unsaturated/α-hetero) is 1. The summed E-state index contributed by atoms with van der Waals surface area (Å²) in [7, 11) is 0.117. The third kappa shape index (κ3) is 4.75. The van der Waals surface area contributed by atoms with E-state index in [-0.39, 0.29) is 27.2 Å². The molecule has 0 aliphatic heterocycles. The zero-order valence-corrected chi connectivity index (χ0v) is 14.7. The minimum absolute atomic E-state index is 0.103. The highest BCUT2D eigenvalue weighted by molar-refractivity contribution is 6.39. The molecule has 0 heterocycles. The van der Waals surface area contributed by atoms with Gasteiger partial charge in [0.15, 0.2) is 5.78 Å². The smallest absolute Gasteiger partial charge is 0.242 e. The van der Waals surface area contributed by atoms with Crippen molar-refractivity contribution in [2.24, 2.45) is 0 Å². The van der Waals surface area contributed by atoms with E-state index >= 15 is 0 Å². The average Bonchev–Trinajstić information content (AvgIpc) is 2.60. The van der Waals surface area contributed by atoms with Gasteiger partial charge in [0, 0.05) is 5.54 Å². The molecule has 1 unspecified atom stereocenters. The Labute approximate surface area is 141 Å². The molecule has 2 aromatic carbocycles. The number of carbonyl (C=O) groups is 1. The van der Waals surface area contributed by atoms with Crippen LogP contribution in [-0.2, 0) is 9.22 Å². The molecular weight excluding hydrogens is 300 g/mol. The molecule has 0 spiro atoms. The van der Waals surface area contributed by atoms with Crippen LogP contribution in [-0.4, -0.2) is 15.5 Å². The molecule has 2 radical (unpaired) electrons. The summed E-state index contributed by atoms with van der Waals surface area (Å²) in [6.07, 6.45) is 0.614. The molecule has 0 aliphatic rings. The highest BCUT2D eigenvalue weighted by Gasteiger charge is 2.23. The molecule has 2 aromatic rings. The minimum Gasteiger partial charge on any atom is -0.406 e. The Morgan fingerprint density at radius 1 is 1.04 bits per heavy atom. The number of hydrogen-bond acceptors (Lipinski definition) is 2. The van der Waals surface area contributed by atoms with E-state index in [1.807, 2.05) is 43.3 Å². The Bertz CT molecular complexity index is 598. The monoisotopic (exact) mass is 322 g/mol. The molecule has 0 amide bonds. The number of allylic oxidation sites excluding steroid dienone is 1. The Kier molecular flexibility index (Phi) is 6.50. The second-order valence-corrected chi connectivity index (χ2v) is 6.71. The zero-order valence-electron chi connectivity index (χ0n) is 13.7. The molecule has 0 bridgehead atoms. The fourth-order valence-electron chi connectivity index (χ4n) is 2.35. The quantitative estimate of drug-likeness (QED) is 0.517. The van der Waals surface area contributed by atoms with E-state index in [4.69, 9.17) is 4.43 Å². The van der Waals surface area contributed by atoms with Crippen LogP contribution in [0.15, 0.2) is 72.8 Å². The van der Waals surface area contributed by atoms with Gasteiger partial charge in [0.05, 0.1) is 6.10 Å². The van der Waals surface area contributed by atoms with Crippen molar-refractivity contribution < 1.29 is 9.22 Å². The van der Waals surface area contributed by atoms with Crippen LogP contribution in [0.1, 0.15) is 37.5 Å². The van der Waals surface area contributed by atoms with E-state index in [0.717, 1.165) is 17.5 Å². The first-order chi connectivity index (χ1) is 11.1. The van der Waals surface area contributed by atoms with Crippen molar-refractivity contribution in [1.29, 1.82) is 0 Å². The Hall–Kier alpha value is -1.97. The largest absolute Gasteiger partial charge is 0.406 e. The van der Waals surface area contributed by atoms with Gasteiger partial charge in [-0.1, -0.05) is 74.2 Å². The van der Waals surface area contributed by atoms with Gasteiger partial charge in [0.25, 0.3) is 0 Å². The number of carbonyl (C=O) groups excluding carboxylic acids is 1. The summed E-state index contributed by atoms with van der Waals surface area (Å²) in [6, 6.07) is 20.3. The molecule has 23 heavy (non-hydrogen) atoms. The van der Waals surface area contributed by atoms with Crippen LogP contribution in [0, 0.1) is 0 Å². The van der Waals surface area contributed by atoms with E-state index in [1.54, 1.807) is 6.92 Å². The maximum atomic E-state index is 12.2. The van der Waals surface area contributed by atoms with E-state index in [0.29, 0.717) is 5.57 Å². The molecule has 0 fully saturated rings. The van der Waals surface area contributed by atoms with E-state index in [1.165, 1.54) is 0 Å². The maximum Gasteiger partial charge on any atom is 0.242 e. The Morgan fingerprint density at radius 3 is 1.91 bits per heavy atom. The molecule has 2 rings (SSSR count). The topological polar surface area (TPSA) is 26.3 Å². The number of ketones is 1. The number of rotatable bonds is 8. The van der Waals surface area contributed by atoms with Gasteiger partial charge in [0.2, 0.25) is 9.76 Å². The van der Waals surface area contributed by atoms with Gasteiger partial charge in [0.1, 0.15) is 0 Å². The van der Waals surface area contributed by atoms with Crippen LogP contribution in [0.2, 0.25) is 5.54 Å². The fraction of sp³-hybridized carbons (Fsp3) is 0.250. The lowest BCUT2D eigenvalue weighted by atomic mass is 10.0. The first kappa shape index (κ1) is 17.4. The predicted molar refractivity (Wildman–Crippen MR) is 95.4 cm³/mol. The third-order valence-electron chi connectivity index (χ3n) is 3.68. The van der Waals surface area contributed by atoms with Crippen molar-refractivity contribution in [3.8, 4) is 0 Å². The van der Waals surface area contributed by atoms with Gasteiger partial charge < -0.3 is 4.43 Å². The van der Waals surface area contributed by atoms with Gasteiger partial charge in [-0.2, -0.15) is 0 Å². The lowest BCUT2D eigenvalue weighted by Gasteiger charge is -2.21. The maximum absolute atomic E-state index is 12.2. The predicted octanol–water partition coefficient (Wildman–Crippen LogP) is 4.76. The molecule has 2 nitrogen and oxygen atoms in total. The molecule has 3 heteroatoms. The second kappa shape index (κ2) is 8.60. The lowest BCUT2D eigenvalue weighted by molar-refractivity contribution is -0.115. The number of benzene rings is 2. The number of hydrogen-bond donors (Lipinski definition) is 0. The normalized spacial score (nSPS) is 12.1. The van der Waals surface area contributed by atoms with Crippen LogP contribution < -0.4 is 0 Å². The van der Waals surface area contributed by atoms with E-state index in [9.17, 15) is 4.79 Å². The molecule has 0 saturated carbocycles. The van der Waals surface area contributed by atoms with Gasteiger partial charge in [-0.25, -0.2) is 0 Å². The fourth-order valence-corrected chi connectivity index (χ4v) is 3.45. The molecule has 0 saturated heterocycles. The van der Waals surface area contributed by atoms with Crippen LogP contribution >= 0.6 is 0 Å². The zero-order chi connectivity index (χ0) is 16.7. The minimum atomic E-state index is -0.150.